The number of nitrogens with one attached hydrogen (secondary N) is 2. The second-order valence-electron chi connectivity index (χ2n) is 4.25. The van der Waals surface area contributed by atoms with Crippen LogP contribution in [0.5, 0.6) is 0 Å². The zero-order valence-electron chi connectivity index (χ0n) is 10.9. The molecule has 5 heteroatoms. The predicted molar refractivity (Wildman–Crippen MR) is 78.8 cm³/mol. The van der Waals surface area contributed by atoms with Gasteiger partial charge >= 0.3 is 0 Å². The van der Waals surface area contributed by atoms with Crippen LogP contribution in [0.4, 0.5) is 5.69 Å². The van der Waals surface area contributed by atoms with Gasteiger partial charge in [-0.1, -0.05) is 22.0 Å². The monoisotopic (exact) mass is 313 g/mol. The van der Waals surface area contributed by atoms with Crippen molar-refractivity contribution in [2.45, 2.75) is 6.42 Å². The second kappa shape index (κ2) is 8.24. The summed E-state index contributed by atoms with van der Waals surface area (Å²) in [5, 5.41) is 5.97. The molecule has 0 aliphatic carbocycles. The van der Waals surface area contributed by atoms with Crippen LogP contribution in [0.25, 0.3) is 0 Å². The standard InChI is InChI=1S/C13H20BrN3O/c1-15-7-4-8-17(2)10-13(18)16-12-6-3-5-11(14)9-12/h3,5-6,9,15H,4,7-8,10H2,1-2H3,(H,16,18). The van der Waals surface area contributed by atoms with Gasteiger partial charge in [0.25, 0.3) is 0 Å². The van der Waals surface area contributed by atoms with Gasteiger partial charge in [-0.3, -0.25) is 9.69 Å². The molecular weight excluding hydrogens is 294 g/mol. The van der Waals surface area contributed by atoms with Crippen LogP contribution in [0, 0.1) is 0 Å². The first kappa shape index (κ1) is 15.1. The fraction of sp³-hybridized carbons (Fsp3) is 0.462. The molecule has 0 aliphatic rings. The number of likely N-dealkylation sites (N-methyl/N-ethyl adjacent to an activating group) is 1. The summed E-state index contributed by atoms with van der Waals surface area (Å²) >= 11 is 3.38. The lowest BCUT2D eigenvalue weighted by Crippen LogP contribution is -2.31. The highest BCUT2D eigenvalue weighted by Crippen LogP contribution is 2.15. The highest BCUT2D eigenvalue weighted by molar-refractivity contribution is 9.10. The summed E-state index contributed by atoms with van der Waals surface area (Å²) in [6.45, 7) is 2.29. The quantitative estimate of drug-likeness (QED) is 0.756. The average Bonchev–Trinajstić information content (AvgIpc) is 2.29. The number of benzene rings is 1. The largest absolute Gasteiger partial charge is 0.325 e. The van der Waals surface area contributed by atoms with Crippen LogP contribution in [0.1, 0.15) is 6.42 Å². The van der Waals surface area contributed by atoms with Crippen LogP contribution < -0.4 is 10.6 Å². The fourth-order valence-electron chi connectivity index (χ4n) is 1.62. The van der Waals surface area contributed by atoms with E-state index < -0.39 is 0 Å². The van der Waals surface area contributed by atoms with E-state index >= 15 is 0 Å². The number of hydrogen-bond acceptors (Lipinski definition) is 3. The summed E-state index contributed by atoms with van der Waals surface area (Å²) in [5.41, 5.74) is 0.818. The molecule has 1 aromatic rings. The maximum atomic E-state index is 11.8. The first-order valence-electron chi connectivity index (χ1n) is 6.00. The molecule has 0 atom stereocenters. The van der Waals surface area contributed by atoms with Gasteiger partial charge in [0.15, 0.2) is 0 Å². The van der Waals surface area contributed by atoms with Crippen molar-refractivity contribution in [1.29, 1.82) is 0 Å². The minimum absolute atomic E-state index is 0.0139. The molecule has 0 saturated carbocycles. The first-order chi connectivity index (χ1) is 8.61. The smallest absolute Gasteiger partial charge is 0.238 e. The van der Waals surface area contributed by atoms with Gasteiger partial charge in [-0.15, -0.1) is 0 Å². The molecule has 1 amide bonds. The van der Waals surface area contributed by atoms with E-state index in [2.05, 4.69) is 26.6 Å². The zero-order valence-corrected chi connectivity index (χ0v) is 12.5. The number of rotatable bonds is 7. The maximum Gasteiger partial charge on any atom is 0.238 e. The van der Waals surface area contributed by atoms with Crippen molar-refractivity contribution in [3.8, 4) is 0 Å². The third kappa shape index (κ3) is 6.14. The number of hydrogen-bond donors (Lipinski definition) is 2. The van der Waals surface area contributed by atoms with Gasteiger partial charge < -0.3 is 10.6 Å². The van der Waals surface area contributed by atoms with Crippen LogP contribution in [-0.4, -0.2) is 44.5 Å². The van der Waals surface area contributed by atoms with Crippen molar-refractivity contribution >= 4 is 27.5 Å². The van der Waals surface area contributed by atoms with Gasteiger partial charge in [-0.25, -0.2) is 0 Å². The molecule has 0 heterocycles. The Morgan fingerprint density at radius 2 is 2.22 bits per heavy atom. The molecule has 0 spiro atoms. The van der Waals surface area contributed by atoms with E-state index in [-0.39, 0.29) is 5.91 Å². The molecule has 1 rings (SSSR count). The zero-order chi connectivity index (χ0) is 13.4. The molecule has 1 aromatic carbocycles. The van der Waals surface area contributed by atoms with Crippen LogP contribution in [0.3, 0.4) is 0 Å². The van der Waals surface area contributed by atoms with Gasteiger partial charge in [0.05, 0.1) is 6.54 Å². The molecular formula is C13H20BrN3O. The molecule has 0 unspecified atom stereocenters. The van der Waals surface area contributed by atoms with Gasteiger partial charge in [-0.2, -0.15) is 0 Å². The van der Waals surface area contributed by atoms with Crippen molar-refractivity contribution in [2.24, 2.45) is 0 Å². The van der Waals surface area contributed by atoms with E-state index in [4.69, 9.17) is 0 Å². The van der Waals surface area contributed by atoms with E-state index in [0.29, 0.717) is 6.54 Å². The van der Waals surface area contributed by atoms with Crippen LogP contribution in [0.15, 0.2) is 28.7 Å². The Bertz CT molecular complexity index is 384. The molecule has 4 nitrogen and oxygen atoms in total. The molecule has 18 heavy (non-hydrogen) atoms. The molecule has 0 bridgehead atoms. The highest BCUT2D eigenvalue weighted by atomic mass is 79.9. The number of anilines is 1. The van der Waals surface area contributed by atoms with Crippen molar-refractivity contribution in [1.82, 2.24) is 10.2 Å². The Hall–Kier alpha value is -0.910. The van der Waals surface area contributed by atoms with Gasteiger partial charge in [0.2, 0.25) is 5.91 Å². The van der Waals surface area contributed by atoms with Gasteiger partial charge in [0.1, 0.15) is 0 Å². The summed E-state index contributed by atoms with van der Waals surface area (Å²) in [7, 11) is 3.89. The number of carbonyl (C=O) groups excluding carboxylic acids is 1. The maximum absolute atomic E-state index is 11.8. The Labute approximate surface area is 117 Å². The summed E-state index contributed by atoms with van der Waals surface area (Å²) < 4.78 is 0.961. The number of amides is 1. The van der Waals surface area contributed by atoms with E-state index in [0.717, 1.165) is 29.7 Å². The number of halogens is 1. The predicted octanol–water partition coefficient (Wildman–Crippen LogP) is 1.93. The van der Waals surface area contributed by atoms with E-state index in [1.807, 2.05) is 43.3 Å². The van der Waals surface area contributed by atoms with E-state index in [1.165, 1.54) is 0 Å². The Morgan fingerprint density at radius 1 is 1.44 bits per heavy atom. The lowest BCUT2D eigenvalue weighted by molar-refractivity contribution is -0.117. The van der Waals surface area contributed by atoms with Crippen molar-refractivity contribution in [3.05, 3.63) is 28.7 Å². The molecule has 0 fully saturated rings. The molecule has 0 aliphatic heterocycles. The molecule has 2 N–H and O–H groups in total. The summed E-state index contributed by atoms with van der Waals surface area (Å²) in [4.78, 5) is 13.8. The first-order valence-corrected chi connectivity index (χ1v) is 6.79. The number of carbonyl (C=O) groups is 1. The Balaban J connectivity index is 2.32. The Kier molecular flexibility index (Phi) is 6.93. The SMILES string of the molecule is CNCCCN(C)CC(=O)Nc1cccc(Br)c1. The topological polar surface area (TPSA) is 44.4 Å². The van der Waals surface area contributed by atoms with Crippen molar-refractivity contribution in [2.75, 3.05) is 39.0 Å². The van der Waals surface area contributed by atoms with Crippen LogP contribution in [-0.2, 0) is 4.79 Å². The molecule has 0 radical (unpaired) electrons. The van der Waals surface area contributed by atoms with Crippen molar-refractivity contribution < 1.29 is 4.79 Å². The lowest BCUT2D eigenvalue weighted by atomic mass is 10.3. The fourth-order valence-corrected chi connectivity index (χ4v) is 2.02. The Morgan fingerprint density at radius 3 is 2.89 bits per heavy atom. The second-order valence-corrected chi connectivity index (χ2v) is 5.17. The van der Waals surface area contributed by atoms with Crippen LogP contribution >= 0.6 is 15.9 Å². The summed E-state index contributed by atoms with van der Waals surface area (Å²) in [6.07, 6.45) is 1.04. The normalized spacial score (nSPS) is 10.7. The number of nitrogens with zero attached hydrogens (tertiary/aromatic N) is 1. The van der Waals surface area contributed by atoms with Crippen molar-refractivity contribution in [3.63, 3.8) is 0 Å². The third-order valence-corrected chi connectivity index (χ3v) is 2.98. The van der Waals surface area contributed by atoms with E-state index in [1.54, 1.807) is 0 Å². The van der Waals surface area contributed by atoms with Crippen LogP contribution in [0.2, 0.25) is 0 Å². The summed E-state index contributed by atoms with van der Waals surface area (Å²) in [6, 6.07) is 7.60. The summed E-state index contributed by atoms with van der Waals surface area (Å²) in [5.74, 6) is 0.0139. The minimum Gasteiger partial charge on any atom is -0.325 e. The lowest BCUT2D eigenvalue weighted by Gasteiger charge is -2.16. The molecule has 0 saturated heterocycles. The molecule has 100 valence electrons. The molecule has 0 aromatic heterocycles. The third-order valence-electron chi connectivity index (χ3n) is 2.49. The minimum atomic E-state index is 0.0139. The van der Waals surface area contributed by atoms with Gasteiger partial charge in [-0.05, 0) is 51.8 Å². The average molecular weight is 314 g/mol. The highest BCUT2D eigenvalue weighted by Gasteiger charge is 2.06. The van der Waals surface area contributed by atoms with Gasteiger partial charge in [0, 0.05) is 10.2 Å². The van der Waals surface area contributed by atoms with E-state index in [9.17, 15) is 4.79 Å².